The second-order valence-electron chi connectivity index (χ2n) is 5.96. The van der Waals surface area contributed by atoms with Gasteiger partial charge >= 0.3 is 5.97 Å². The van der Waals surface area contributed by atoms with E-state index in [9.17, 15) is 4.79 Å². The van der Waals surface area contributed by atoms with Crippen molar-refractivity contribution < 1.29 is 14.6 Å². The fourth-order valence-electron chi connectivity index (χ4n) is 2.43. The molecule has 0 unspecified atom stereocenters. The molecule has 4 nitrogen and oxygen atoms in total. The van der Waals surface area contributed by atoms with Crippen molar-refractivity contribution in [1.82, 2.24) is 0 Å². The molecule has 1 aliphatic rings. The van der Waals surface area contributed by atoms with Crippen molar-refractivity contribution in [2.24, 2.45) is 5.92 Å². The van der Waals surface area contributed by atoms with Crippen LogP contribution in [0.15, 0.2) is 48.5 Å². The third-order valence-corrected chi connectivity index (χ3v) is 4.02. The van der Waals surface area contributed by atoms with Gasteiger partial charge in [-0.25, -0.2) is 4.79 Å². The van der Waals surface area contributed by atoms with Gasteiger partial charge in [-0.2, -0.15) is 0 Å². The van der Waals surface area contributed by atoms with Crippen LogP contribution in [0.3, 0.4) is 0 Å². The number of benzene rings is 2. The zero-order valence-corrected chi connectivity index (χ0v) is 13.0. The Labute approximate surface area is 136 Å². The summed E-state index contributed by atoms with van der Waals surface area (Å²) in [7, 11) is 0. The van der Waals surface area contributed by atoms with Gasteiger partial charge in [-0.15, -0.1) is 0 Å². The molecule has 23 heavy (non-hydrogen) atoms. The largest absolute Gasteiger partial charge is 0.494 e. The molecule has 1 fully saturated rings. The summed E-state index contributed by atoms with van der Waals surface area (Å²) in [5.74, 6) is 0.882. The summed E-state index contributed by atoms with van der Waals surface area (Å²) < 4.78 is 5.80. The standard InChI is InChI=1S/C19H21NO3/c21-19(22)16-6-8-17(9-7-16)20-13-15-2-1-3-18(12-15)23-11-10-14-4-5-14/h1-3,6-9,12,14,20H,4-5,10-11,13H2,(H,21,22). The molecule has 0 atom stereocenters. The molecule has 4 heteroatoms. The fraction of sp³-hybridized carbons (Fsp3) is 0.316. The maximum absolute atomic E-state index is 10.8. The van der Waals surface area contributed by atoms with Gasteiger partial charge in [0.2, 0.25) is 0 Å². The first kappa shape index (κ1) is 15.4. The first-order chi connectivity index (χ1) is 11.2. The number of carboxylic acids is 1. The van der Waals surface area contributed by atoms with Crippen molar-refractivity contribution >= 4 is 11.7 Å². The molecule has 0 spiro atoms. The number of aromatic carboxylic acids is 1. The second-order valence-corrected chi connectivity index (χ2v) is 5.96. The van der Waals surface area contributed by atoms with E-state index >= 15 is 0 Å². The van der Waals surface area contributed by atoms with Crippen LogP contribution in [0, 0.1) is 5.92 Å². The van der Waals surface area contributed by atoms with E-state index in [2.05, 4.69) is 5.32 Å². The summed E-state index contributed by atoms with van der Waals surface area (Å²) in [6.07, 6.45) is 3.86. The van der Waals surface area contributed by atoms with Crippen LogP contribution in [-0.4, -0.2) is 17.7 Å². The summed E-state index contributed by atoms with van der Waals surface area (Å²) in [6, 6.07) is 14.8. The van der Waals surface area contributed by atoms with Crippen LogP contribution < -0.4 is 10.1 Å². The highest BCUT2D eigenvalue weighted by atomic mass is 16.5. The van der Waals surface area contributed by atoms with Crippen LogP contribution in [0.5, 0.6) is 5.75 Å². The Kier molecular flexibility index (Phi) is 4.81. The molecule has 3 rings (SSSR count). The molecule has 1 aliphatic carbocycles. The van der Waals surface area contributed by atoms with E-state index in [1.807, 2.05) is 24.3 Å². The summed E-state index contributed by atoms with van der Waals surface area (Å²) in [5.41, 5.74) is 2.33. The van der Waals surface area contributed by atoms with Crippen LogP contribution in [0.4, 0.5) is 5.69 Å². The van der Waals surface area contributed by atoms with Gasteiger partial charge in [0.05, 0.1) is 12.2 Å². The summed E-state index contributed by atoms with van der Waals surface area (Å²) in [5, 5.41) is 12.2. The van der Waals surface area contributed by atoms with E-state index in [1.165, 1.54) is 12.8 Å². The first-order valence-corrected chi connectivity index (χ1v) is 8.00. The zero-order valence-electron chi connectivity index (χ0n) is 13.0. The van der Waals surface area contributed by atoms with E-state index in [0.717, 1.165) is 35.9 Å². The van der Waals surface area contributed by atoms with Gasteiger partial charge in [-0.3, -0.25) is 0 Å². The Balaban J connectivity index is 1.51. The molecular weight excluding hydrogens is 290 g/mol. The molecule has 0 aliphatic heterocycles. The van der Waals surface area contributed by atoms with Gasteiger partial charge in [0.15, 0.2) is 0 Å². The maximum Gasteiger partial charge on any atom is 0.335 e. The van der Waals surface area contributed by atoms with Crippen molar-refractivity contribution in [2.75, 3.05) is 11.9 Å². The van der Waals surface area contributed by atoms with Gasteiger partial charge in [0, 0.05) is 12.2 Å². The molecule has 0 aromatic heterocycles. The van der Waals surface area contributed by atoms with Crippen molar-refractivity contribution in [3.8, 4) is 5.75 Å². The Morgan fingerprint density at radius 1 is 1.17 bits per heavy atom. The lowest BCUT2D eigenvalue weighted by atomic mass is 10.2. The third kappa shape index (κ3) is 4.74. The molecule has 0 radical (unpaired) electrons. The predicted molar refractivity (Wildman–Crippen MR) is 90.0 cm³/mol. The zero-order chi connectivity index (χ0) is 16.1. The normalized spacial score (nSPS) is 13.6. The molecule has 120 valence electrons. The van der Waals surface area contributed by atoms with Crippen LogP contribution in [0.2, 0.25) is 0 Å². The van der Waals surface area contributed by atoms with Crippen LogP contribution in [-0.2, 0) is 6.54 Å². The first-order valence-electron chi connectivity index (χ1n) is 8.00. The summed E-state index contributed by atoms with van der Waals surface area (Å²) >= 11 is 0. The molecule has 2 N–H and O–H groups in total. The average Bonchev–Trinajstić information content (AvgIpc) is 3.38. The number of nitrogens with one attached hydrogen (secondary N) is 1. The number of carboxylic acid groups (broad SMARTS) is 1. The van der Waals surface area contributed by atoms with Crippen LogP contribution in [0.1, 0.15) is 35.2 Å². The Morgan fingerprint density at radius 2 is 1.96 bits per heavy atom. The number of hydrogen-bond donors (Lipinski definition) is 2. The molecule has 1 saturated carbocycles. The van der Waals surface area contributed by atoms with E-state index in [-0.39, 0.29) is 0 Å². The average molecular weight is 311 g/mol. The van der Waals surface area contributed by atoms with E-state index in [1.54, 1.807) is 24.3 Å². The predicted octanol–water partition coefficient (Wildman–Crippen LogP) is 4.18. The maximum atomic E-state index is 10.8. The summed E-state index contributed by atoms with van der Waals surface area (Å²) in [6.45, 7) is 1.46. The molecule has 0 bridgehead atoms. The van der Waals surface area contributed by atoms with Gasteiger partial charge in [-0.1, -0.05) is 25.0 Å². The molecule has 0 amide bonds. The van der Waals surface area contributed by atoms with Crippen molar-refractivity contribution in [2.45, 2.75) is 25.8 Å². The second kappa shape index (κ2) is 7.18. The van der Waals surface area contributed by atoms with Gasteiger partial charge in [0.1, 0.15) is 5.75 Å². The molecule has 2 aromatic carbocycles. The lowest BCUT2D eigenvalue weighted by molar-refractivity contribution is 0.0697. The number of carbonyl (C=O) groups is 1. The number of anilines is 1. The highest BCUT2D eigenvalue weighted by molar-refractivity contribution is 5.87. The quantitative estimate of drug-likeness (QED) is 0.768. The van der Waals surface area contributed by atoms with Crippen molar-refractivity contribution in [3.05, 3.63) is 59.7 Å². The molecule has 2 aromatic rings. The van der Waals surface area contributed by atoms with E-state index in [4.69, 9.17) is 9.84 Å². The highest BCUT2D eigenvalue weighted by Crippen LogP contribution is 2.32. The Morgan fingerprint density at radius 3 is 2.65 bits per heavy atom. The minimum Gasteiger partial charge on any atom is -0.494 e. The van der Waals surface area contributed by atoms with Crippen LogP contribution in [0.25, 0.3) is 0 Å². The van der Waals surface area contributed by atoms with E-state index < -0.39 is 5.97 Å². The van der Waals surface area contributed by atoms with Gasteiger partial charge in [-0.05, 0) is 54.3 Å². The van der Waals surface area contributed by atoms with E-state index in [0.29, 0.717) is 12.1 Å². The van der Waals surface area contributed by atoms with Crippen LogP contribution >= 0.6 is 0 Å². The molecule has 0 heterocycles. The monoisotopic (exact) mass is 311 g/mol. The SMILES string of the molecule is O=C(O)c1ccc(NCc2cccc(OCCC3CC3)c2)cc1. The Bertz CT molecular complexity index is 663. The lowest BCUT2D eigenvalue weighted by Crippen LogP contribution is -2.02. The van der Waals surface area contributed by atoms with Gasteiger partial charge in [0.25, 0.3) is 0 Å². The summed E-state index contributed by atoms with van der Waals surface area (Å²) in [4.78, 5) is 10.8. The number of rotatable bonds is 8. The lowest BCUT2D eigenvalue weighted by Gasteiger charge is -2.10. The molecule has 0 saturated heterocycles. The third-order valence-electron chi connectivity index (χ3n) is 4.02. The minimum atomic E-state index is -0.910. The van der Waals surface area contributed by atoms with Crippen molar-refractivity contribution in [1.29, 1.82) is 0 Å². The smallest absolute Gasteiger partial charge is 0.335 e. The van der Waals surface area contributed by atoms with Gasteiger partial charge < -0.3 is 15.2 Å². The topological polar surface area (TPSA) is 58.6 Å². The number of ether oxygens (including phenoxy) is 1. The van der Waals surface area contributed by atoms with Crippen molar-refractivity contribution in [3.63, 3.8) is 0 Å². The Hall–Kier alpha value is -2.49. The molecular formula is C19H21NO3. The minimum absolute atomic E-state index is 0.293. The highest BCUT2D eigenvalue weighted by Gasteiger charge is 2.20. The fourth-order valence-corrected chi connectivity index (χ4v) is 2.43. The number of hydrogen-bond acceptors (Lipinski definition) is 3.